The van der Waals surface area contributed by atoms with E-state index in [4.69, 9.17) is 25.9 Å². The van der Waals surface area contributed by atoms with Crippen LogP contribution in [0.15, 0.2) is 46.0 Å². The first-order chi connectivity index (χ1) is 12.6. The highest BCUT2D eigenvalue weighted by Gasteiger charge is 2.14. The molecule has 1 N–H and O–H groups in total. The van der Waals surface area contributed by atoms with Gasteiger partial charge in [0.25, 0.3) is 0 Å². The number of ether oxygens (including phenoxy) is 1. The number of carbonyl (C=O) groups is 1. The second-order valence-electron chi connectivity index (χ2n) is 5.25. The van der Waals surface area contributed by atoms with Crippen LogP contribution < -0.4 is 4.74 Å². The van der Waals surface area contributed by atoms with Crippen LogP contribution in [0.3, 0.4) is 0 Å². The number of aromatic carboxylic acids is 1. The van der Waals surface area contributed by atoms with Crippen molar-refractivity contribution in [1.82, 2.24) is 14.8 Å². The molecule has 0 aliphatic heterocycles. The number of rotatable bonds is 8. The smallest absolute Gasteiger partial charge is 0.371 e. The number of carboxylic acids is 1. The lowest BCUT2D eigenvalue weighted by Gasteiger charge is -2.08. The van der Waals surface area contributed by atoms with E-state index in [2.05, 4.69) is 10.2 Å². The lowest BCUT2D eigenvalue weighted by atomic mass is 10.3. The lowest BCUT2D eigenvalue weighted by molar-refractivity contribution is 0.0661. The van der Waals surface area contributed by atoms with Gasteiger partial charge in [0.2, 0.25) is 5.76 Å². The second-order valence-corrected chi connectivity index (χ2v) is 6.62. The molecule has 136 valence electrons. The number of nitrogens with zero attached hydrogens (tertiary/aromatic N) is 3. The second kappa shape index (κ2) is 8.29. The molecular formula is C17H16ClN3O4S. The molecule has 0 fully saturated rings. The Bertz CT molecular complexity index is 892. The maximum absolute atomic E-state index is 10.9. The first-order valence-corrected chi connectivity index (χ1v) is 9.18. The summed E-state index contributed by atoms with van der Waals surface area (Å²) in [6, 6.07) is 10.2. The van der Waals surface area contributed by atoms with Crippen LogP contribution in [0.1, 0.15) is 29.1 Å². The van der Waals surface area contributed by atoms with Gasteiger partial charge in [-0.2, -0.15) is 0 Å². The summed E-state index contributed by atoms with van der Waals surface area (Å²) in [6.07, 6.45) is 0. The van der Waals surface area contributed by atoms with Gasteiger partial charge in [-0.15, -0.1) is 10.2 Å². The van der Waals surface area contributed by atoms with Crippen LogP contribution in [0, 0.1) is 0 Å². The summed E-state index contributed by atoms with van der Waals surface area (Å²) in [5, 5.41) is 18.6. The molecule has 0 bridgehead atoms. The summed E-state index contributed by atoms with van der Waals surface area (Å²) in [5.41, 5.74) is 0. The minimum absolute atomic E-state index is 0.0744. The summed E-state index contributed by atoms with van der Waals surface area (Å²) < 4.78 is 12.9. The fourth-order valence-corrected chi connectivity index (χ4v) is 3.28. The van der Waals surface area contributed by atoms with E-state index in [1.165, 1.54) is 17.8 Å². The predicted octanol–water partition coefficient (Wildman–Crippen LogP) is 4.11. The molecule has 2 heterocycles. The van der Waals surface area contributed by atoms with Gasteiger partial charge in [-0.05, 0) is 43.3 Å². The number of carboxylic acid groups (broad SMARTS) is 1. The summed E-state index contributed by atoms with van der Waals surface area (Å²) in [6.45, 7) is 2.97. The third-order valence-corrected chi connectivity index (χ3v) is 4.75. The van der Waals surface area contributed by atoms with E-state index in [-0.39, 0.29) is 12.4 Å². The van der Waals surface area contributed by atoms with Crippen molar-refractivity contribution in [3.05, 3.63) is 58.8 Å². The van der Waals surface area contributed by atoms with Gasteiger partial charge < -0.3 is 18.8 Å². The summed E-state index contributed by atoms with van der Waals surface area (Å²) in [4.78, 5) is 10.9. The summed E-state index contributed by atoms with van der Waals surface area (Å²) in [5.74, 6) is 1.27. The van der Waals surface area contributed by atoms with Crippen molar-refractivity contribution < 1.29 is 19.1 Å². The van der Waals surface area contributed by atoms with Crippen molar-refractivity contribution in [2.45, 2.75) is 31.0 Å². The van der Waals surface area contributed by atoms with Crippen molar-refractivity contribution in [2.75, 3.05) is 0 Å². The van der Waals surface area contributed by atoms with Crippen molar-refractivity contribution in [2.24, 2.45) is 0 Å². The zero-order valence-electron chi connectivity index (χ0n) is 13.9. The molecule has 0 amide bonds. The molecule has 1 aromatic carbocycles. The monoisotopic (exact) mass is 393 g/mol. The van der Waals surface area contributed by atoms with E-state index < -0.39 is 5.97 Å². The molecule has 0 unspecified atom stereocenters. The van der Waals surface area contributed by atoms with E-state index in [0.717, 1.165) is 5.16 Å². The number of benzene rings is 1. The molecule has 0 radical (unpaired) electrons. The molecule has 0 aliphatic rings. The molecule has 0 saturated carbocycles. The Balaban J connectivity index is 1.63. The highest BCUT2D eigenvalue weighted by molar-refractivity contribution is 7.98. The van der Waals surface area contributed by atoms with Crippen molar-refractivity contribution >= 4 is 29.3 Å². The highest BCUT2D eigenvalue weighted by atomic mass is 35.5. The molecule has 0 atom stereocenters. The van der Waals surface area contributed by atoms with Crippen LogP contribution in [0.5, 0.6) is 5.75 Å². The van der Waals surface area contributed by atoms with Crippen LogP contribution in [-0.4, -0.2) is 25.8 Å². The number of hydrogen-bond donors (Lipinski definition) is 1. The van der Waals surface area contributed by atoms with Gasteiger partial charge in [-0.25, -0.2) is 4.79 Å². The zero-order chi connectivity index (χ0) is 18.5. The molecule has 7 nitrogen and oxygen atoms in total. The Hall–Kier alpha value is -2.45. The Morgan fingerprint density at radius 3 is 2.69 bits per heavy atom. The highest BCUT2D eigenvalue weighted by Crippen LogP contribution is 2.24. The first-order valence-electron chi connectivity index (χ1n) is 7.82. The Morgan fingerprint density at radius 1 is 1.27 bits per heavy atom. The number of hydrogen-bond acceptors (Lipinski definition) is 6. The van der Waals surface area contributed by atoms with Crippen LogP contribution in [0.4, 0.5) is 0 Å². The van der Waals surface area contributed by atoms with Crippen LogP contribution in [0.2, 0.25) is 5.02 Å². The van der Waals surface area contributed by atoms with Gasteiger partial charge in [0.1, 0.15) is 18.1 Å². The Kier molecular flexibility index (Phi) is 5.85. The van der Waals surface area contributed by atoms with Gasteiger partial charge in [0.05, 0.1) is 5.75 Å². The van der Waals surface area contributed by atoms with E-state index in [9.17, 15) is 4.79 Å². The molecular weight excluding hydrogens is 378 g/mol. The summed E-state index contributed by atoms with van der Waals surface area (Å²) >= 11 is 7.28. The van der Waals surface area contributed by atoms with E-state index in [0.29, 0.717) is 34.7 Å². The van der Waals surface area contributed by atoms with Gasteiger partial charge in [0, 0.05) is 11.6 Å². The van der Waals surface area contributed by atoms with Gasteiger partial charge in [-0.3, -0.25) is 0 Å². The molecule has 3 aromatic rings. The SMILES string of the molecule is CCn1c(COc2ccc(Cl)cc2)nnc1SCc1ccc(C(=O)O)o1. The van der Waals surface area contributed by atoms with Gasteiger partial charge in [0.15, 0.2) is 11.0 Å². The fourth-order valence-electron chi connectivity index (χ4n) is 2.24. The standard InChI is InChI=1S/C17H16ClN3O4S/c1-2-21-15(9-24-12-5-3-11(18)4-6-12)19-20-17(21)26-10-13-7-8-14(25-13)16(22)23/h3-8H,2,9-10H2,1H3,(H,22,23). The van der Waals surface area contributed by atoms with E-state index in [1.54, 1.807) is 30.3 Å². The average Bonchev–Trinajstić information content (AvgIpc) is 3.26. The predicted molar refractivity (Wildman–Crippen MR) is 96.7 cm³/mol. The maximum Gasteiger partial charge on any atom is 0.371 e. The molecule has 0 spiro atoms. The summed E-state index contributed by atoms with van der Waals surface area (Å²) in [7, 11) is 0. The molecule has 0 saturated heterocycles. The Morgan fingerprint density at radius 2 is 2.04 bits per heavy atom. The van der Waals surface area contributed by atoms with Gasteiger partial charge in [-0.1, -0.05) is 23.4 Å². The number of thioether (sulfide) groups is 1. The quantitative estimate of drug-likeness (QED) is 0.575. The van der Waals surface area contributed by atoms with E-state index in [1.807, 2.05) is 11.5 Å². The van der Waals surface area contributed by atoms with Crippen LogP contribution >= 0.6 is 23.4 Å². The minimum atomic E-state index is -1.08. The molecule has 9 heteroatoms. The Labute approximate surface area is 158 Å². The average molecular weight is 394 g/mol. The third-order valence-electron chi connectivity index (χ3n) is 3.51. The zero-order valence-corrected chi connectivity index (χ0v) is 15.5. The molecule has 3 rings (SSSR count). The number of furan rings is 1. The molecule has 26 heavy (non-hydrogen) atoms. The normalized spacial score (nSPS) is 10.8. The van der Waals surface area contributed by atoms with Crippen LogP contribution in [-0.2, 0) is 18.9 Å². The molecule has 0 aliphatic carbocycles. The lowest BCUT2D eigenvalue weighted by Crippen LogP contribution is -2.07. The minimum Gasteiger partial charge on any atom is -0.486 e. The van der Waals surface area contributed by atoms with E-state index >= 15 is 0 Å². The first kappa shape index (κ1) is 18.3. The molecule has 2 aromatic heterocycles. The van der Waals surface area contributed by atoms with Crippen molar-refractivity contribution in [3.8, 4) is 5.75 Å². The maximum atomic E-state index is 10.9. The topological polar surface area (TPSA) is 90.4 Å². The largest absolute Gasteiger partial charge is 0.486 e. The number of aromatic nitrogens is 3. The third kappa shape index (κ3) is 4.39. The number of halogens is 1. The van der Waals surface area contributed by atoms with Crippen molar-refractivity contribution in [3.63, 3.8) is 0 Å². The van der Waals surface area contributed by atoms with Crippen LogP contribution in [0.25, 0.3) is 0 Å². The van der Waals surface area contributed by atoms with Crippen molar-refractivity contribution in [1.29, 1.82) is 0 Å². The van der Waals surface area contributed by atoms with Gasteiger partial charge >= 0.3 is 5.97 Å². The fraction of sp³-hybridized carbons (Fsp3) is 0.235.